The van der Waals surface area contributed by atoms with Gasteiger partial charge in [0, 0.05) is 8.59 Å². The fourth-order valence-corrected chi connectivity index (χ4v) is 4.57. The van der Waals surface area contributed by atoms with Gasteiger partial charge < -0.3 is 0 Å². The number of hydrogen-bond acceptors (Lipinski definition) is 3. The van der Waals surface area contributed by atoms with Crippen LogP contribution in [0.3, 0.4) is 0 Å². The summed E-state index contributed by atoms with van der Waals surface area (Å²) in [6.07, 6.45) is 0. The SMILES string of the molecule is O=C1c2ccc(I)cc2S(=O)(=O)N1Cc1ccc(Cl)cc1. The molecular formula is C14H9ClINO3S. The Hall–Kier alpha value is -1.12. The van der Waals surface area contributed by atoms with Gasteiger partial charge in [-0.15, -0.1) is 0 Å². The molecule has 0 aliphatic carbocycles. The van der Waals surface area contributed by atoms with E-state index in [1.165, 1.54) is 6.07 Å². The fraction of sp³-hybridized carbons (Fsp3) is 0.0714. The topological polar surface area (TPSA) is 54.5 Å². The molecule has 0 N–H and O–H groups in total. The Labute approximate surface area is 140 Å². The largest absolute Gasteiger partial charge is 0.269 e. The van der Waals surface area contributed by atoms with Crippen molar-refractivity contribution in [1.29, 1.82) is 0 Å². The minimum atomic E-state index is -3.78. The van der Waals surface area contributed by atoms with Crippen molar-refractivity contribution in [2.45, 2.75) is 11.4 Å². The molecule has 7 heteroatoms. The molecule has 0 spiro atoms. The van der Waals surface area contributed by atoms with Crippen LogP contribution < -0.4 is 0 Å². The van der Waals surface area contributed by atoms with Crippen LogP contribution in [-0.2, 0) is 16.6 Å². The van der Waals surface area contributed by atoms with Crippen molar-refractivity contribution in [3.8, 4) is 0 Å². The summed E-state index contributed by atoms with van der Waals surface area (Å²) in [5.41, 5.74) is 0.934. The molecule has 0 saturated carbocycles. The van der Waals surface area contributed by atoms with Crippen molar-refractivity contribution in [2.75, 3.05) is 0 Å². The molecule has 0 fully saturated rings. The lowest BCUT2D eigenvalue weighted by molar-refractivity contribution is 0.0865. The van der Waals surface area contributed by atoms with Gasteiger partial charge >= 0.3 is 0 Å². The molecule has 0 unspecified atom stereocenters. The highest BCUT2D eigenvalue weighted by Crippen LogP contribution is 2.32. The zero-order valence-corrected chi connectivity index (χ0v) is 14.3. The lowest BCUT2D eigenvalue weighted by Gasteiger charge is -2.15. The Morgan fingerprint density at radius 3 is 2.43 bits per heavy atom. The van der Waals surface area contributed by atoms with Gasteiger partial charge in [0.25, 0.3) is 15.9 Å². The average molecular weight is 434 g/mol. The molecule has 4 nitrogen and oxygen atoms in total. The van der Waals surface area contributed by atoms with E-state index in [2.05, 4.69) is 0 Å². The molecule has 108 valence electrons. The molecule has 0 radical (unpaired) electrons. The number of hydrogen-bond donors (Lipinski definition) is 0. The van der Waals surface area contributed by atoms with Crippen LogP contribution in [0, 0.1) is 3.57 Å². The predicted octanol–water partition coefficient (Wildman–Crippen LogP) is 3.29. The van der Waals surface area contributed by atoms with E-state index in [0.717, 1.165) is 7.88 Å². The van der Waals surface area contributed by atoms with Crippen LogP contribution in [-0.4, -0.2) is 18.6 Å². The van der Waals surface area contributed by atoms with Crippen molar-refractivity contribution in [2.24, 2.45) is 0 Å². The van der Waals surface area contributed by atoms with Crippen LogP contribution in [0.1, 0.15) is 15.9 Å². The van der Waals surface area contributed by atoms with Crippen LogP contribution in [0.5, 0.6) is 0 Å². The Kier molecular flexibility index (Phi) is 3.71. The Balaban J connectivity index is 2.02. The standard InChI is InChI=1S/C14H9ClINO3S/c15-10-3-1-9(2-4-10)8-17-14(18)12-6-5-11(16)7-13(12)21(17,19)20/h1-7H,8H2. The Morgan fingerprint density at radius 2 is 1.76 bits per heavy atom. The summed E-state index contributed by atoms with van der Waals surface area (Å²) in [6.45, 7) is 0.00357. The summed E-state index contributed by atoms with van der Waals surface area (Å²) >= 11 is 7.83. The number of benzene rings is 2. The molecule has 1 aliphatic heterocycles. The number of fused-ring (bicyclic) bond motifs is 1. The van der Waals surface area contributed by atoms with E-state index in [1.54, 1.807) is 36.4 Å². The Morgan fingerprint density at radius 1 is 1.10 bits per heavy atom. The molecule has 1 aliphatic rings. The number of sulfonamides is 1. The normalized spacial score (nSPS) is 16.1. The van der Waals surface area contributed by atoms with Crippen LogP contribution in [0.25, 0.3) is 0 Å². The van der Waals surface area contributed by atoms with Crippen molar-refractivity contribution >= 4 is 50.1 Å². The first kappa shape index (κ1) is 14.8. The van der Waals surface area contributed by atoms with E-state index in [-0.39, 0.29) is 17.0 Å². The van der Waals surface area contributed by atoms with E-state index >= 15 is 0 Å². The molecule has 3 rings (SSSR count). The molecule has 0 bridgehead atoms. The van der Waals surface area contributed by atoms with Gasteiger partial charge in [-0.2, -0.15) is 0 Å². The first-order chi connectivity index (χ1) is 9.89. The maximum atomic E-state index is 12.5. The first-order valence-corrected chi connectivity index (χ1v) is 8.90. The first-order valence-electron chi connectivity index (χ1n) is 6.00. The van der Waals surface area contributed by atoms with Gasteiger partial charge in [-0.25, -0.2) is 12.7 Å². The second-order valence-electron chi connectivity index (χ2n) is 4.58. The monoisotopic (exact) mass is 433 g/mol. The van der Waals surface area contributed by atoms with Crippen LogP contribution in [0.4, 0.5) is 0 Å². The second kappa shape index (κ2) is 5.26. The van der Waals surface area contributed by atoms with E-state index in [0.29, 0.717) is 10.6 Å². The van der Waals surface area contributed by atoms with E-state index in [1.807, 2.05) is 22.6 Å². The van der Waals surface area contributed by atoms with Gasteiger partial charge in [-0.3, -0.25) is 4.79 Å². The quantitative estimate of drug-likeness (QED) is 0.683. The smallest absolute Gasteiger partial charge is 0.268 e. The van der Waals surface area contributed by atoms with Gasteiger partial charge in [-0.1, -0.05) is 23.7 Å². The zero-order chi connectivity index (χ0) is 15.2. The van der Waals surface area contributed by atoms with E-state index in [9.17, 15) is 13.2 Å². The highest BCUT2D eigenvalue weighted by atomic mass is 127. The number of carbonyl (C=O) groups is 1. The summed E-state index contributed by atoms with van der Waals surface area (Å²) in [5, 5.41) is 0.562. The van der Waals surface area contributed by atoms with Gasteiger partial charge in [-0.05, 0) is 58.5 Å². The third-order valence-electron chi connectivity index (χ3n) is 3.21. The van der Waals surface area contributed by atoms with Gasteiger partial charge in [0.1, 0.15) is 4.90 Å². The van der Waals surface area contributed by atoms with E-state index < -0.39 is 15.9 Å². The second-order valence-corrected chi connectivity index (χ2v) is 8.10. The fourth-order valence-electron chi connectivity index (χ4n) is 2.16. The summed E-state index contributed by atoms with van der Waals surface area (Å²) in [6, 6.07) is 11.5. The third kappa shape index (κ3) is 2.56. The molecule has 1 amide bonds. The molecule has 2 aromatic rings. The minimum absolute atomic E-state index is 0.00357. The Bertz CT molecular complexity index is 834. The van der Waals surface area contributed by atoms with Crippen molar-refractivity contribution < 1.29 is 13.2 Å². The molecule has 0 saturated heterocycles. The summed E-state index contributed by atoms with van der Waals surface area (Å²) in [7, 11) is -3.78. The van der Waals surface area contributed by atoms with Crippen molar-refractivity contribution in [3.63, 3.8) is 0 Å². The number of carbonyl (C=O) groups excluding carboxylic acids is 1. The molecule has 0 aromatic heterocycles. The van der Waals surface area contributed by atoms with E-state index in [4.69, 9.17) is 11.6 Å². The maximum Gasteiger partial charge on any atom is 0.269 e. The average Bonchev–Trinajstić information content (AvgIpc) is 2.62. The molecule has 21 heavy (non-hydrogen) atoms. The number of amides is 1. The highest BCUT2D eigenvalue weighted by Gasteiger charge is 2.41. The predicted molar refractivity (Wildman–Crippen MR) is 87.7 cm³/mol. The van der Waals surface area contributed by atoms with Gasteiger partial charge in [0.2, 0.25) is 0 Å². The lowest BCUT2D eigenvalue weighted by Crippen LogP contribution is -2.29. The van der Waals surface area contributed by atoms with Crippen LogP contribution in [0.2, 0.25) is 5.02 Å². The number of nitrogens with zero attached hydrogens (tertiary/aromatic N) is 1. The van der Waals surface area contributed by atoms with Gasteiger partial charge in [0.05, 0.1) is 12.1 Å². The summed E-state index contributed by atoms with van der Waals surface area (Å²) < 4.78 is 26.7. The molecule has 2 aromatic carbocycles. The van der Waals surface area contributed by atoms with Crippen molar-refractivity contribution in [3.05, 3.63) is 62.2 Å². The summed E-state index contributed by atoms with van der Waals surface area (Å²) in [4.78, 5) is 12.4. The summed E-state index contributed by atoms with van der Waals surface area (Å²) in [5.74, 6) is -0.489. The molecular weight excluding hydrogens is 425 g/mol. The van der Waals surface area contributed by atoms with Crippen LogP contribution in [0.15, 0.2) is 47.4 Å². The van der Waals surface area contributed by atoms with Gasteiger partial charge in [0.15, 0.2) is 0 Å². The van der Waals surface area contributed by atoms with Crippen LogP contribution >= 0.6 is 34.2 Å². The maximum absolute atomic E-state index is 12.5. The number of halogens is 2. The van der Waals surface area contributed by atoms with Crippen molar-refractivity contribution in [1.82, 2.24) is 4.31 Å². The highest BCUT2D eigenvalue weighted by molar-refractivity contribution is 14.1. The molecule has 1 heterocycles. The molecule has 0 atom stereocenters. The number of rotatable bonds is 2. The lowest BCUT2D eigenvalue weighted by atomic mass is 10.2. The third-order valence-corrected chi connectivity index (χ3v) is 5.90. The minimum Gasteiger partial charge on any atom is -0.268 e. The zero-order valence-electron chi connectivity index (χ0n) is 10.6.